The van der Waals surface area contributed by atoms with E-state index < -0.39 is 5.82 Å². The predicted molar refractivity (Wildman–Crippen MR) is 48.2 cm³/mol. The molecule has 0 aromatic heterocycles. The van der Waals surface area contributed by atoms with Gasteiger partial charge in [-0.05, 0) is 13.0 Å². The van der Waals surface area contributed by atoms with Crippen molar-refractivity contribution in [3.63, 3.8) is 0 Å². The molecule has 0 aliphatic rings. The van der Waals surface area contributed by atoms with Crippen LogP contribution in [0.5, 0.6) is 5.75 Å². The van der Waals surface area contributed by atoms with Crippen molar-refractivity contribution in [2.45, 2.75) is 13.5 Å². The number of nitrogens with zero attached hydrogens (tertiary/aromatic N) is 1. The van der Waals surface area contributed by atoms with Crippen LogP contribution in [0.25, 0.3) is 0 Å². The summed E-state index contributed by atoms with van der Waals surface area (Å²) >= 11 is 0. The smallest absolute Gasteiger partial charge is 0.141 e. The molecule has 0 bridgehead atoms. The normalized spacial score (nSPS) is 9.57. The Morgan fingerprint density at radius 2 is 2.29 bits per heavy atom. The van der Waals surface area contributed by atoms with Crippen LogP contribution in [0.1, 0.15) is 18.1 Å². The van der Waals surface area contributed by atoms with Gasteiger partial charge in [-0.25, -0.2) is 4.39 Å². The fraction of sp³-hybridized carbons (Fsp3) is 0.300. The topological polar surface area (TPSA) is 53.2 Å². The van der Waals surface area contributed by atoms with Crippen molar-refractivity contribution in [2.75, 3.05) is 6.61 Å². The number of hydrogen-bond donors (Lipinski definition) is 1. The van der Waals surface area contributed by atoms with Crippen LogP contribution in [-0.4, -0.2) is 11.7 Å². The highest BCUT2D eigenvalue weighted by Gasteiger charge is 2.09. The number of rotatable bonds is 3. The SMILES string of the molecule is CCOc1cc(C#N)c(F)cc1CO. The second kappa shape index (κ2) is 4.58. The van der Waals surface area contributed by atoms with Crippen molar-refractivity contribution in [2.24, 2.45) is 0 Å². The van der Waals surface area contributed by atoms with Crippen LogP contribution in [0.3, 0.4) is 0 Å². The van der Waals surface area contributed by atoms with Gasteiger partial charge >= 0.3 is 0 Å². The van der Waals surface area contributed by atoms with Crippen LogP contribution in [0.4, 0.5) is 4.39 Å². The minimum atomic E-state index is -0.639. The van der Waals surface area contributed by atoms with E-state index in [0.717, 1.165) is 6.07 Å². The maximum Gasteiger partial charge on any atom is 0.141 e. The molecule has 0 radical (unpaired) electrons. The van der Waals surface area contributed by atoms with Gasteiger partial charge in [-0.2, -0.15) is 5.26 Å². The molecule has 0 aliphatic heterocycles. The average molecular weight is 195 g/mol. The predicted octanol–water partition coefficient (Wildman–Crippen LogP) is 1.59. The largest absolute Gasteiger partial charge is 0.493 e. The van der Waals surface area contributed by atoms with Gasteiger partial charge in [-0.15, -0.1) is 0 Å². The Morgan fingerprint density at radius 3 is 2.79 bits per heavy atom. The molecule has 1 aromatic rings. The lowest BCUT2D eigenvalue weighted by atomic mass is 10.1. The molecule has 0 atom stereocenters. The third-order valence-corrected chi connectivity index (χ3v) is 1.74. The van der Waals surface area contributed by atoms with Crippen molar-refractivity contribution in [1.29, 1.82) is 5.26 Å². The maximum absolute atomic E-state index is 13.1. The van der Waals surface area contributed by atoms with Gasteiger partial charge in [0.05, 0.1) is 18.8 Å². The summed E-state index contributed by atoms with van der Waals surface area (Å²) in [4.78, 5) is 0. The quantitative estimate of drug-likeness (QED) is 0.796. The van der Waals surface area contributed by atoms with E-state index in [1.54, 1.807) is 13.0 Å². The molecule has 14 heavy (non-hydrogen) atoms. The lowest BCUT2D eigenvalue weighted by Gasteiger charge is -2.08. The van der Waals surface area contributed by atoms with Crippen molar-refractivity contribution >= 4 is 0 Å². The molecule has 0 saturated heterocycles. The summed E-state index contributed by atoms with van der Waals surface area (Å²) in [6.45, 7) is 1.87. The number of aliphatic hydroxyl groups is 1. The molecule has 0 spiro atoms. The first-order valence-corrected chi connectivity index (χ1v) is 4.19. The molecule has 0 saturated carbocycles. The van der Waals surface area contributed by atoms with Gasteiger partial charge < -0.3 is 9.84 Å². The van der Waals surface area contributed by atoms with Crippen molar-refractivity contribution in [3.8, 4) is 11.8 Å². The summed E-state index contributed by atoms with van der Waals surface area (Å²) in [6.07, 6.45) is 0. The van der Waals surface area contributed by atoms with Gasteiger partial charge in [0.2, 0.25) is 0 Å². The van der Waals surface area contributed by atoms with Crippen LogP contribution >= 0.6 is 0 Å². The number of hydrogen-bond acceptors (Lipinski definition) is 3. The first-order chi connectivity index (χ1) is 6.72. The molecule has 1 aromatic carbocycles. The first kappa shape index (κ1) is 10.5. The van der Waals surface area contributed by atoms with Crippen LogP contribution in [-0.2, 0) is 6.61 Å². The van der Waals surface area contributed by atoms with E-state index >= 15 is 0 Å². The first-order valence-electron chi connectivity index (χ1n) is 4.19. The van der Waals surface area contributed by atoms with Crippen molar-refractivity contribution in [1.82, 2.24) is 0 Å². The van der Waals surface area contributed by atoms with E-state index in [2.05, 4.69) is 0 Å². The average Bonchev–Trinajstić information content (AvgIpc) is 2.20. The molecule has 3 nitrogen and oxygen atoms in total. The summed E-state index contributed by atoms with van der Waals surface area (Å²) in [5.41, 5.74) is 0.272. The Hall–Kier alpha value is -1.60. The van der Waals surface area contributed by atoms with E-state index in [1.165, 1.54) is 6.07 Å². The molecular formula is C10H10FNO2. The number of benzene rings is 1. The minimum Gasteiger partial charge on any atom is -0.493 e. The molecule has 0 amide bonds. The van der Waals surface area contributed by atoms with Gasteiger partial charge in [0.15, 0.2) is 0 Å². The number of nitriles is 1. The van der Waals surface area contributed by atoms with Crippen LogP contribution in [0.15, 0.2) is 12.1 Å². The van der Waals surface area contributed by atoms with Gasteiger partial charge in [0.1, 0.15) is 17.6 Å². The Morgan fingerprint density at radius 1 is 1.57 bits per heavy atom. The van der Waals surface area contributed by atoms with Gasteiger partial charge in [-0.3, -0.25) is 0 Å². The second-order valence-electron chi connectivity index (χ2n) is 2.64. The summed E-state index contributed by atoms with van der Waals surface area (Å²) in [5, 5.41) is 17.5. The van der Waals surface area contributed by atoms with E-state index in [-0.39, 0.29) is 12.2 Å². The number of ether oxygens (including phenoxy) is 1. The molecule has 1 rings (SSSR count). The van der Waals surface area contributed by atoms with Crippen LogP contribution < -0.4 is 4.74 Å². The zero-order valence-electron chi connectivity index (χ0n) is 7.75. The Balaban J connectivity index is 3.19. The third-order valence-electron chi connectivity index (χ3n) is 1.74. The van der Waals surface area contributed by atoms with Gasteiger partial charge in [0, 0.05) is 11.6 Å². The Labute approximate surface area is 81.4 Å². The molecule has 0 aliphatic carbocycles. The highest BCUT2D eigenvalue weighted by Crippen LogP contribution is 2.22. The van der Waals surface area contributed by atoms with E-state index in [4.69, 9.17) is 15.1 Å². The van der Waals surface area contributed by atoms with Crippen molar-refractivity contribution < 1.29 is 14.2 Å². The Kier molecular flexibility index (Phi) is 3.43. The molecule has 1 N–H and O–H groups in total. The monoisotopic (exact) mass is 195 g/mol. The minimum absolute atomic E-state index is 0.0781. The zero-order chi connectivity index (χ0) is 10.6. The zero-order valence-corrected chi connectivity index (χ0v) is 7.75. The molecule has 74 valence electrons. The van der Waals surface area contributed by atoms with Crippen LogP contribution in [0, 0.1) is 17.1 Å². The molecule has 4 heteroatoms. The molecule has 0 heterocycles. The van der Waals surface area contributed by atoms with Crippen molar-refractivity contribution in [3.05, 3.63) is 29.1 Å². The molecule has 0 fully saturated rings. The molecule has 0 unspecified atom stereocenters. The summed E-state index contributed by atoms with van der Waals surface area (Å²) < 4.78 is 18.2. The van der Waals surface area contributed by atoms with E-state index in [9.17, 15) is 4.39 Å². The maximum atomic E-state index is 13.1. The second-order valence-corrected chi connectivity index (χ2v) is 2.64. The lowest BCUT2D eigenvalue weighted by Crippen LogP contribution is -1.99. The summed E-state index contributed by atoms with van der Waals surface area (Å²) in [7, 11) is 0. The fourth-order valence-electron chi connectivity index (χ4n) is 1.09. The van der Waals surface area contributed by atoms with E-state index in [0.29, 0.717) is 17.9 Å². The third kappa shape index (κ3) is 2.01. The standard InChI is InChI=1S/C10H10FNO2/c1-2-14-10-4-7(5-12)9(11)3-8(10)6-13/h3-4,13H,2,6H2,1H3. The number of aliphatic hydroxyl groups excluding tert-OH is 1. The highest BCUT2D eigenvalue weighted by atomic mass is 19.1. The van der Waals surface area contributed by atoms with Crippen LogP contribution in [0.2, 0.25) is 0 Å². The number of halogens is 1. The lowest BCUT2D eigenvalue weighted by molar-refractivity contribution is 0.266. The highest BCUT2D eigenvalue weighted by molar-refractivity contribution is 5.43. The summed E-state index contributed by atoms with van der Waals surface area (Å²) in [5.74, 6) is -0.284. The van der Waals surface area contributed by atoms with Gasteiger partial charge in [0.25, 0.3) is 0 Å². The summed E-state index contributed by atoms with van der Waals surface area (Å²) in [6, 6.07) is 4.12. The van der Waals surface area contributed by atoms with Gasteiger partial charge in [-0.1, -0.05) is 0 Å². The Bertz CT molecular complexity index is 371. The van der Waals surface area contributed by atoms with E-state index in [1.807, 2.05) is 0 Å². The fourth-order valence-corrected chi connectivity index (χ4v) is 1.09. The molecular weight excluding hydrogens is 185 g/mol.